The summed E-state index contributed by atoms with van der Waals surface area (Å²) in [6.07, 6.45) is 29.4. The molecule has 0 N–H and O–H groups in total. The van der Waals surface area contributed by atoms with Crippen molar-refractivity contribution in [3.63, 3.8) is 0 Å². The van der Waals surface area contributed by atoms with Gasteiger partial charge in [-0.1, -0.05) is 142 Å². The van der Waals surface area contributed by atoms with Crippen LogP contribution in [0.3, 0.4) is 0 Å². The zero-order chi connectivity index (χ0) is 28.0. The second kappa shape index (κ2) is 22.6. The first-order valence-electron chi connectivity index (χ1n) is 17.2. The Morgan fingerprint density at radius 3 is 1.36 bits per heavy atom. The van der Waals surface area contributed by atoms with Crippen LogP contribution in [0.4, 0.5) is 0 Å². The van der Waals surface area contributed by atoms with E-state index in [1.54, 1.807) is 0 Å². The van der Waals surface area contributed by atoms with E-state index in [1.165, 1.54) is 116 Å². The summed E-state index contributed by atoms with van der Waals surface area (Å²) in [6.45, 7) is 5.43. The number of rotatable bonds is 26. The molecule has 0 amide bonds. The summed E-state index contributed by atoms with van der Waals surface area (Å²) in [7, 11) is 0. The minimum Gasteiger partial charge on any atom is -0.465 e. The van der Waals surface area contributed by atoms with Crippen LogP contribution in [0.2, 0.25) is 0 Å². The van der Waals surface area contributed by atoms with E-state index in [-0.39, 0.29) is 24.1 Å². The summed E-state index contributed by atoms with van der Waals surface area (Å²) in [5, 5.41) is 0. The minimum absolute atomic E-state index is 0.125. The Hall–Kier alpha value is -1.10. The van der Waals surface area contributed by atoms with E-state index >= 15 is 0 Å². The molecule has 1 saturated carbocycles. The van der Waals surface area contributed by atoms with Crippen molar-refractivity contribution in [2.45, 2.75) is 180 Å². The molecule has 2 aliphatic rings. The van der Waals surface area contributed by atoms with Crippen molar-refractivity contribution in [2.24, 2.45) is 11.8 Å². The van der Waals surface area contributed by atoms with Crippen LogP contribution in [0.25, 0.3) is 0 Å². The lowest BCUT2D eigenvalue weighted by Gasteiger charge is -2.25. The average molecular weight is 551 g/mol. The molecule has 39 heavy (non-hydrogen) atoms. The van der Waals surface area contributed by atoms with Gasteiger partial charge in [0.1, 0.15) is 0 Å². The molecule has 4 atom stereocenters. The number of esters is 2. The van der Waals surface area contributed by atoms with Crippen LogP contribution in [-0.4, -0.2) is 37.4 Å². The Morgan fingerprint density at radius 2 is 0.923 bits per heavy atom. The second-order valence-corrected chi connectivity index (χ2v) is 12.3. The molecule has 2 fully saturated rings. The summed E-state index contributed by atoms with van der Waals surface area (Å²) in [6, 6.07) is 0. The largest absolute Gasteiger partial charge is 0.465 e. The fourth-order valence-electron chi connectivity index (χ4n) is 6.10. The van der Waals surface area contributed by atoms with Gasteiger partial charge in [0.2, 0.25) is 0 Å². The van der Waals surface area contributed by atoms with Crippen molar-refractivity contribution in [1.82, 2.24) is 0 Å². The van der Waals surface area contributed by atoms with Crippen molar-refractivity contribution >= 4 is 11.9 Å². The molecule has 2 rings (SSSR count). The number of unbranched alkanes of at least 4 members (excludes halogenated alkanes) is 20. The lowest BCUT2D eigenvalue weighted by molar-refractivity contribution is -0.162. The highest BCUT2D eigenvalue weighted by Gasteiger charge is 2.57. The summed E-state index contributed by atoms with van der Waals surface area (Å²) in [5.41, 5.74) is 0. The molecule has 0 aromatic carbocycles. The maximum Gasteiger partial charge on any atom is 0.312 e. The molecule has 5 heteroatoms. The van der Waals surface area contributed by atoms with Crippen LogP contribution < -0.4 is 0 Å². The van der Waals surface area contributed by atoms with E-state index in [4.69, 9.17) is 14.2 Å². The molecular weight excluding hydrogens is 488 g/mol. The smallest absolute Gasteiger partial charge is 0.312 e. The van der Waals surface area contributed by atoms with Crippen LogP contribution in [0.5, 0.6) is 0 Å². The van der Waals surface area contributed by atoms with Crippen LogP contribution in [-0.2, 0) is 23.8 Å². The predicted octanol–water partition coefficient (Wildman–Crippen LogP) is 9.49. The topological polar surface area (TPSA) is 65.1 Å². The van der Waals surface area contributed by atoms with Gasteiger partial charge >= 0.3 is 11.9 Å². The highest BCUT2D eigenvalue weighted by Crippen LogP contribution is 2.45. The highest BCUT2D eigenvalue weighted by molar-refractivity contribution is 5.83. The van der Waals surface area contributed by atoms with Gasteiger partial charge in [-0.25, -0.2) is 0 Å². The van der Waals surface area contributed by atoms with E-state index in [1.807, 2.05) is 0 Å². The maximum absolute atomic E-state index is 12.9. The van der Waals surface area contributed by atoms with Gasteiger partial charge in [-0.15, -0.1) is 0 Å². The van der Waals surface area contributed by atoms with Crippen molar-refractivity contribution < 1.29 is 23.8 Å². The number of carbonyl (C=O) groups is 2. The third-order valence-electron chi connectivity index (χ3n) is 8.73. The van der Waals surface area contributed by atoms with Crippen LogP contribution >= 0.6 is 0 Å². The van der Waals surface area contributed by atoms with E-state index in [0.717, 1.165) is 32.1 Å². The van der Waals surface area contributed by atoms with Gasteiger partial charge < -0.3 is 14.2 Å². The molecule has 4 unspecified atom stereocenters. The Morgan fingerprint density at radius 1 is 0.538 bits per heavy atom. The molecule has 0 aromatic rings. The Balaban J connectivity index is 1.49. The fourth-order valence-corrected chi connectivity index (χ4v) is 6.10. The molecular formula is C34H62O5. The van der Waals surface area contributed by atoms with Crippen molar-refractivity contribution in [3.05, 3.63) is 0 Å². The van der Waals surface area contributed by atoms with E-state index in [0.29, 0.717) is 19.6 Å². The highest BCUT2D eigenvalue weighted by atomic mass is 16.6. The summed E-state index contributed by atoms with van der Waals surface area (Å²) in [5.74, 6) is -1.38. The molecule has 1 saturated heterocycles. The number of hydrogen-bond donors (Lipinski definition) is 0. The van der Waals surface area contributed by atoms with E-state index < -0.39 is 11.8 Å². The number of fused-ring (bicyclic) bond motifs is 1. The molecule has 228 valence electrons. The third-order valence-corrected chi connectivity index (χ3v) is 8.73. The second-order valence-electron chi connectivity index (χ2n) is 12.3. The standard InChI is InChI=1S/C34H62O5/c1-3-5-7-9-11-13-15-17-19-21-23-27-37-33(35)29-25-26-30-32(39-30)31(29)34(36)38-28-24-22-20-18-16-14-12-10-8-6-4-2/h29-32H,3-28H2,1-2H3. The zero-order valence-electron chi connectivity index (χ0n) is 25.7. The number of epoxide rings is 1. The van der Waals surface area contributed by atoms with Crippen LogP contribution in [0.15, 0.2) is 0 Å². The molecule has 0 bridgehead atoms. The maximum atomic E-state index is 12.9. The molecule has 1 aliphatic heterocycles. The Bertz CT molecular complexity index is 621. The molecule has 0 spiro atoms. The van der Waals surface area contributed by atoms with E-state index in [2.05, 4.69) is 13.8 Å². The first kappa shape index (κ1) is 34.1. The monoisotopic (exact) mass is 550 g/mol. The van der Waals surface area contributed by atoms with Gasteiger partial charge in [0.05, 0.1) is 37.3 Å². The van der Waals surface area contributed by atoms with Gasteiger partial charge in [-0.2, -0.15) is 0 Å². The first-order chi connectivity index (χ1) is 19.2. The number of carbonyl (C=O) groups excluding carboxylic acids is 2. The normalized spacial score (nSPS) is 21.9. The van der Waals surface area contributed by atoms with Gasteiger partial charge in [-0.3, -0.25) is 9.59 Å². The molecule has 5 nitrogen and oxygen atoms in total. The molecule has 1 heterocycles. The van der Waals surface area contributed by atoms with Crippen molar-refractivity contribution in [1.29, 1.82) is 0 Å². The van der Waals surface area contributed by atoms with Crippen molar-refractivity contribution in [3.8, 4) is 0 Å². The lowest BCUT2D eigenvalue weighted by atomic mass is 9.79. The summed E-state index contributed by atoms with van der Waals surface area (Å²) >= 11 is 0. The predicted molar refractivity (Wildman–Crippen MR) is 160 cm³/mol. The van der Waals surface area contributed by atoms with Gasteiger partial charge in [0.15, 0.2) is 0 Å². The van der Waals surface area contributed by atoms with E-state index in [9.17, 15) is 9.59 Å². The Kier molecular flexibility index (Phi) is 19.7. The van der Waals surface area contributed by atoms with Crippen LogP contribution in [0, 0.1) is 11.8 Å². The number of hydrogen-bond acceptors (Lipinski definition) is 5. The zero-order valence-corrected chi connectivity index (χ0v) is 25.7. The Labute approximate surface area is 240 Å². The fraction of sp³-hybridized carbons (Fsp3) is 0.941. The SMILES string of the molecule is CCCCCCCCCCCCCOC(=O)C1CCC2OC2C1C(=O)OCCCCCCCCCCCCC. The molecule has 0 aromatic heterocycles. The summed E-state index contributed by atoms with van der Waals surface area (Å²) < 4.78 is 17.0. The molecule has 1 aliphatic carbocycles. The average Bonchev–Trinajstić information content (AvgIpc) is 3.73. The number of ether oxygens (including phenoxy) is 3. The van der Waals surface area contributed by atoms with Crippen molar-refractivity contribution in [2.75, 3.05) is 13.2 Å². The van der Waals surface area contributed by atoms with Gasteiger partial charge in [0.25, 0.3) is 0 Å². The van der Waals surface area contributed by atoms with Gasteiger partial charge in [0, 0.05) is 0 Å². The quantitative estimate of drug-likeness (QED) is 0.0609. The van der Waals surface area contributed by atoms with Crippen LogP contribution in [0.1, 0.15) is 168 Å². The summed E-state index contributed by atoms with van der Waals surface area (Å²) in [4.78, 5) is 25.7. The first-order valence-corrected chi connectivity index (χ1v) is 17.2. The molecule has 0 radical (unpaired) electrons. The van der Waals surface area contributed by atoms with Gasteiger partial charge in [-0.05, 0) is 25.7 Å². The minimum atomic E-state index is -0.485. The third kappa shape index (κ3) is 15.5. The lowest BCUT2D eigenvalue weighted by Crippen LogP contribution is -2.39.